The molecule has 3 aromatic carbocycles. The van der Waals surface area contributed by atoms with Crippen molar-refractivity contribution in [2.24, 2.45) is 0 Å². The highest BCUT2D eigenvalue weighted by atomic mass is 32.2. The molecule has 0 radical (unpaired) electrons. The number of hydrogen-bond donors (Lipinski definition) is 1. The van der Waals surface area contributed by atoms with Crippen LogP contribution in [0.15, 0.2) is 72.8 Å². The Kier molecular flexibility index (Phi) is 4.70. The van der Waals surface area contributed by atoms with Crippen LogP contribution in [0.5, 0.6) is 5.75 Å². The van der Waals surface area contributed by atoms with Crippen molar-refractivity contribution < 1.29 is 21.8 Å². The maximum absolute atomic E-state index is 13.7. The van der Waals surface area contributed by atoms with Crippen LogP contribution in [0.3, 0.4) is 0 Å². The number of rotatable bonds is 4. The Morgan fingerprint density at radius 2 is 1.71 bits per heavy atom. The first-order valence-electron chi connectivity index (χ1n) is 8.62. The summed E-state index contributed by atoms with van der Waals surface area (Å²) in [6, 6.07) is 18.7. The van der Waals surface area contributed by atoms with Crippen LogP contribution in [-0.4, -0.2) is 14.2 Å². The van der Waals surface area contributed by atoms with E-state index in [0.717, 1.165) is 6.07 Å². The molecule has 3 aromatic rings. The van der Waals surface area contributed by atoms with Gasteiger partial charge in [-0.3, -0.25) is 4.79 Å². The van der Waals surface area contributed by atoms with Crippen molar-refractivity contribution in [3.8, 4) is 5.75 Å². The second kappa shape index (κ2) is 7.18. The number of benzene rings is 3. The normalized spacial score (nSPS) is 17.4. The molecule has 0 bridgehead atoms. The van der Waals surface area contributed by atoms with Crippen LogP contribution >= 0.6 is 0 Å². The molecule has 28 heavy (non-hydrogen) atoms. The van der Waals surface area contributed by atoms with Crippen LogP contribution in [0.4, 0.5) is 4.39 Å². The lowest BCUT2D eigenvalue weighted by Crippen LogP contribution is -2.38. The molecule has 1 aliphatic heterocycles. The number of hydrogen-bond acceptors (Lipinski definition) is 4. The first-order chi connectivity index (χ1) is 13.4. The predicted molar refractivity (Wildman–Crippen MR) is 102 cm³/mol. The lowest BCUT2D eigenvalue weighted by Gasteiger charge is -2.27. The fourth-order valence-corrected chi connectivity index (χ4v) is 4.28. The number of carbonyl (C=O) groups is 1. The van der Waals surface area contributed by atoms with Gasteiger partial charge in [-0.05, 0) is 30.2 Å². The zero-order chi connectivity index (χ0) is 19.7. The summed E-state index contributed by atoms with van der Waals surface area (Å²) in [6.07, 6.45) is 0.174. The Labute approximate surface area is 162 Å². The van der Waals surface area contributed by atoms with Crippen molar-refractivity contribution in [3.05, 3.63) is 101 Å². The number of nitrogens with one attached hydrogen (secondary N) is 1. The number of carbonyl (C=O) groups excluding carboxylic acids is 1. The highest BCUT2D eigenvalue weighted by molar-refractivity contribution is 7.85. The lowest BCUT2D eigenvalue weighted by atomic mass is 9.92. The van der Waals surface area contributed by atoms with E-state index in [-0.39, 0.29) is 18.0 Å². The molecule has 7 heteroatoms. The number of halogens is 1. The Hall–Kier alpha value is -3.03. The van der Waals surface area contributed by atoms with E-state index >= 15 is 0 Å². The van der Waals surface area contributed by atoms with Crippen molar-refractivity contribution in [1.82, 2.24) is 4.72 Å². The molecular weight excluding hydrogens is 381 g/mol. The summed E-state index contributed by atoms with van der Waals surface area (Å²) in [7, 11) is -4.02. The van der Waals surface area contributed by atoms with E-state index in [4.69, 9.17) is 4.18 Å². The second-order valence-corrected chi connectivity index (χ2v) is 7.76. The van der Waals surface area contributed by atoms with E-state index in [1.165, 1.54) is 12.1 Å². The molecule has 1 heterocycles. The van der Waals surface area contributed by atoms with Gasteiger partial charge in [0.25, 0.3) is 0 Å². The predicted octanol–water partition coefficient (Wildman–Crippen LogP) is 3.57. The maximum Gasteiger partial charge on any atom is 0.383 e. The minimum atomic E-state index is -4.02. The topological polar surface area (TPSA) is 72.5 Å². The Bertz CT molecular complexity index is 1150. The third-order valence-corrected chi connectivity index (χ3v) is 5.53. The van der Waals surface area contributed by atoms with E-state index in [2.05, 4.69) is 4.72 Å². The van der Waals surface area contributed by atoms with Gasteiger partial charge in [-0.25, -0.2) is 4.39 Å². The molecule has 0 amide bonds. The summed E-state index contributed by atoms with van der Waals surface area (Å²) in [5.41, 5.74) is 2.05. The van der Waals surface area contributed by atoms with Crippen LogP contribution in [0.2, 0.25) is 0 Å². The summed E-state index contributed by atoms with van der Waals surface area (Å²) in [5, 5.41) is 0. The molecule has 0 saturated carbocycles. The Morgan fingerprint density at radius 3 is 2.50 bits per heavy atom. The largest absolute Gasteiger partial charge is 0.383 e. The highest BCUT2D eigenvalue weighted by Crippen LogP contribution is 2.34. The molecular formula is C21H16FNO4S. The molecule has 1 atom stereocenters. The summed E-state index contributed by atoms with van der Waals surface area (Å²) in [4.78, 5) is 12.9. The molecule has 0 saturated heterocycles. The molecule has 4 rings (SSSR count). The first kappa shape index (κ1) is 18.3. The Morgan fingerprint density at radius 1 is 1.00 bits per heavy atom. The maximum atomic E-state index is 13.7. The molecule has 1 N–H and O–H groups in total. The van der Waals surface area contributed by atoms with Crippen LogP contribution < -0.4 is 8.91 Å². The first-order valence-corrected chi connectivity index (χ1v) is 10.0. The summed E-state index contributed by atoms with van der Waals surface area (Å²) in [6.45, 7) is 0. The SMILES string of the molecule is O=C(c1ccccc1)c1ccccc1C[C@H]1NS(=O)(=O)Oc2ccc(F)cc21. The van der Waals surface area contributed by atoms with Crippen molar-refractivity contribution in [2.75, 3.05) is 0 Å². The monoisotopic (exact) mass is 397 g/mol. The third-order valence-electron chi connectivity index (χ3n) is 4.56. The van der Waals surface area contributed by atoms with Crippen molar-refractivity contribution >= 4 is 16.1 Å². The number of fused-ring (bicyclic) bond motifs is 1. The molecule has 1 aliphatic rings. The van der Waals surface area contributed by atoms with Crippen molar-refractivity contribution in [3.63, 3.8) is 0 Å². The molecule has 0 aromatic heterocycles. The lowest BCUT2D eigenvalue weighted by molar-refractivity contribution is 0.103. The van der Waals surface area contributed by atoms with Crippen molar-refractivity contribution in [1.29, 1.82) is 0 Å². The van der Waals surface area contributed by atoms with Crippen LogP contribution in [-0.2, 0) is 16.7 Å². The van der Waals surface area contributed by atoms with Gasteiger partial charge in [0.1, 0.15) is 11.6 Å². The smallest absolute Gasteiger partial charge is 0.371 e. The summed E-state index contributed by atoms with van der Waals surface area (Å²) < 4.78 is 45.2. The van der Waals surface area contributed by atoms with Gasteiger partial charge in [0.05, 0.1) is 6.04 Å². The van der Waals surface area contributed by atoms with E-state index in [0.29, 0.717) is 22.3 Å². The quantitative estimate of drug-likeness (QED) is 0.683. The molecule has 142 valence electrons. The molecule has 0 aliphatic carbocycles. The fourth-order valence-electron chi connectivity index (χ4n) is 3.28. The molecule has 0 unspecified atom stereocenters. The van der Waals surface area contributed by atoms with Gasteiger partial charge in [-0.1, -0.05) is 54.6 Å². The van der Waals surface area contributed by atoms with Gasteiger partial charge in [-0.2, -0.15) is 13.1 Å². The van der Waals surface area contributed by atoms with E-state index in [1.54, 1.807) is 48.5 Å². The van der Waals surface area contributed by atoms with E-state index in [9.17, 15) is 17.6 Å². The fraction of sp³-hybridized carbons (Fsp3) is 0.0952. The van der Waals surface area contributed by atoms with Gasteiger partial charge >= 0.3 is 10.3 Å². The second-order valence-electron chi connectivity index (χ2n) is 6.45. The third kappa shape index (κ3) is 3.67. The van der Waals surface area contributed by atoms with Crippen LogP contribution in [0.25, 0.3) is 0 Å². The average Bonchev–Trinajstić information content (AvgIpc) is 2.68. The standard InChI is InChI=1S/C21H16FNO4S/c22-16-10-11-20-18(13-16)19(23-28(25,26)27-20)12-15-8-4-5-9-17(15)21(24)14-6-2-1-3-7-14/h1-11,13,19,23H,12H2/t19-/m1/s1. The van der Waals surface area contributed by atoms with Gasteiger partial charge < -0.3 is 4.18 Å². The minimum absolute atomic E-state index is 0.0806. The Balaban J connectivity index is 1.73. The van der Waals surface area contributed by atoms with Gasteiger partial charge in [0, 0.05) is 16.7 Å². The van der Waals surface area contributed by atoms with Gasteiger partial charge in [-0.15, -0.1) is 0 Å². The summed E-state index contributed by atoms with van der Waals surface area (Å²) in [5.74, 6) is -0.579. The van der Waals surface area contributed by atoms with Gasteiger partial charge in [0.15, 0.2) is 5.78 Å². The minimum Gasteiger partial charge on any atom is -0.371 e. The zero-order valence-corrected chi connectivity index (χ0v) is 15.4. The summed E-state index contributed by atoms with van der Waals surface area (Å²) >= 11 is 0. The van der Waals surface area contributed by atoms with E-state index < -0.39 is 22.2 Å². The van der Waals surface area contributed by atoms with E-state index in [1.807, 2.05) is 6.07 Å². The number of ketones is 1. The zero-order valence-electron chi connectivity index (χ0n) is 14.6. The van der Waals surface area contributed by atoms with Crippen molar-refractivity contribution in [2.45, 2.75) is 12.5 Å². The van der Waals surface area contributed by atoms with Crippen LogP contribution in [0, 0.1) is 5.82 Å². The molecule has 0 fully saturated rings. The average molecular weight is 397 g/mol. The highest BCUT2D eigenvalue weighted by Gasteiger charge is 2.31. The van der Waals surface area contributed by atoms with Gasteiger partial charge in [0.2, 0.25) is 0 Å². The molecule has 5 nitrogen and oxygen atoms in total. The van der Waals surface area contributed by atoms with Crippen LogP contribution in [0.1, 0.15) is 33.1 Å². The molecule has 0 spiro atoms.